The van der Waals surface area contributed by atoms with E-state index in [1.54, 1.807) is 18.7 Å². The lowest BCUT2D eigenvalue weighted by atomic mass is 9.99. The quantitative estimate of drug-likeness (QED) is 0.561. The van der Waals surface area contributed by atoms with Gasteiger partial charge in [-0.2, -0.15) is 0 Å². The molecule has 0 spiro atoms. The minimum absolute atomic E-state index is 0.00164. The zero-order valence-electron chi connectivity index (χ0n) is 16.0. The van der Waals surface area contributed by atoms with Gasteiger partial charge >= 0.3 is 5.97 Å². The second kappa shape index (κ2) is 7.42. The van der Waals surface area contributed by atoms with Crippen LogP contribution in [0.2, 0.25) is 0 Å². The third kappa shape index (κ3) is 3.34. The molecule has 2 rings (SSSR count). The molecule has 1 aliphatic rings. The van der Waals surface area contributed by atoms with Gasteiger partial charge in [0.25, 0.3) is 0 Å². The highest BCUT2D eigenvalue weighted by Gasteiger charge is 2.39. The van der Waals surface area contributed by atoms with Gasteiger partial charge in [0.05, 0.1) is 13.2 Å². The number of hydrogen-bond acceptors (Lipinski definition) is 4. The topological polar surface area (TPSA) is 68.6 Å². The van der Waals surface area contributed by atoms with Gasteiger partial charge in [0, 0.05) is 30.3 Å². The molecule has 6 nitrogen and oxygen atoms in total. The van der Waals surface area contributed by atoms with E-state index in [9.17, 15) is 14.4 Å². The van der Waals surface area contributed by atoms with Gasteiger partial charge in [0.2, 0.25) is 5.91 Å². The van der Waals surface area contributed by atoms with Crippen LogP contribution in [0.3, 0.4) is 0 Å². The maximum absolute atomic E-state index is 13.2. The van der Waals surface area contributed by atoms with Gasteiger partial charge < -0.3 is 14.2 Å². The normalized spacial score (nSPS) is 15.0. The molecule has 138 valence electrons. The molecule has 1 saturated carbocycles. The van der Waals surface area contributed by atoms with Gasteiger partial charge in [0.1, 0.15) is 5.69 Å². The number of Topliss-reactive ketones (excluding diaryl/α,β-unsaturated/α-hetero) is 1. The zero-order valence-corrected chi connectivity index (χ0v) is 16.0. The summed E-state index contributed by atoms with van der Waals surface area (Å²) in [6.07, 6.45) is 2.28. The second-order valence-electron chi connectivity index (χ2n) is 6.60. The molecular weight excluding hydrogens is 320 g/mol. The fourth-order valence-electron chi connectivity index (χ4n) is 3.62. The van der Waals surface area contributed by atoms with Crippen molar-refractivity contribution in [3.8, 4) is 0 Å². The van der Waals surface area contributed by atoms with Crippen LogP contribution >= 0.6 is 0 Å². The molecule has 25 heavy (non-hydrogen) atoms. The molecule has 0 radical (unpaired) electrons. The monoisotopic (exact) mass is 348 g/mol. The molecule has 0 aromatic carbocycles. The first-order valence-electron chi connectivity index (χ1n) is 8.93. The predicted molar refractivity (Wildman–Crippen MR) is 94.9 cm³/mol. The number of methoxy groups -OCH3 is 1. The summed E-state index contributed by atoms with van der Waals surface area (Å²) in [6.45, 7) is 9.70. The van der Waals surface area contributed by atoms with Crippen LogP contribution in [-0.4, -0.2) is 46.3 Å². The van der Waals surface area contributed by atoms with Crippen LogP contribution in [0.5, 0.6) is 0 Å². The molecule has 6 heteroatoms. The third-order valence-corrected chi connectivity index (χ3v) is 5.04. The Morgan fingerprint density at radius 1 is 1.24 bits per heavy atom. The molecule has 1 amide bonds. The number of esters is 1. The van der Waals surface area contributed by atoms with Gasteiger partial charge in [-0.05, 0) is 46.1 Å². The lowest BCUT2D eigenvalue weighted by Gasteiger charge is -2.28. The van der Waals surface area contributed by atoms with Crippen molar-refractivity contribution in [2.45, 2.75) is 72.5 Å². The highest BCUT2D eigenvalue weighted by molar-refractivity contribution is 6.06. The number of amides is 1. The Morgan fingerprint density at radius 2 is 1.84 bits per heavy atom. The van der Waals surface area contributed by atoms with E-state index in [2.05, 4.69) is 0 Å². The Labute approximate surface area is 149 Å². The molecule has 1 aliphatic carbocycles. The van der Waals surface area contributed by atoms with Crippen LogP contribution in [0, 0.1) is 13.8 Å². The van der Waals surface area contributed by atoms with E-state index in [4.69, 9.17) is 4.74 Å². The van der Waals surface area contributed by atoms with Crippen molar-refractivity contribution in [3.63, 3.8) is 0 Å². The number of carbonyl (C=O) groups excluding carboxylic acids is 3. The Kier molecular flexibility index (Phi) is 5.70. The summed E-state index contributed by atoms with van der Waals surface area (Å²) < 4.78 is 6.69. The number of hydrogen-bond donors (Lipinski definition) is 0. The summed E-state index contributed by atoms with van der Waals surface area (Å²) >= 11 is 0. The number of aromatic nitrogens is 1. The van der Waals surface area contributed by atoms with E-state index in [-0.39, 0.29) is 17.7 Å². The van der Waals surface area contributed by atoms with Crippen LogP contribution in [0.25, 0.3) is 0 Å². The Morgan fingerprint density at radius 3 is 2.28 bits per heavy atom. The molecular formula is C19H28N2O4. The first-order chi connectivity index (χ1) is 11.8. The van der Waals surface area contributed by atoms with E-state index >= 15 is 0 Å². The maximum Gasteiger partial charge on any atom is 0.354 e. The van der Waals surface area contributed by atoms with E-state index in [1.165, 1.54) is 7.11 Å². The first kappa shape index (κ1) is 19.2. The fraction of sp³-hybridized carbons (Fsp3) is 0.632. The Hall–Kier alpha value is -2.11. The van der Waals surface area contributed by atoms with E-state index < -0.39 is 12.0 Å². The van der Waals surface area contributed by atoms with E-state index in [0.29, 0.717) is 29.8 Å². The molecule has 1 fully saturated rings. The van der Waals surface area contributed by atoms with Crippen LogP contribution in [0.1, 0.15) is 72.1 Å². The molecule has 1 atom stereocenters. The van der Waals surface area contributed by atoms with E-state index in [0.717, 1.165) is 18.5 Å². The summed E-state index contributed by atoms with van der Waals surface area (Å²) in [5.41, 5.74) is 2.32. The van der Waals surface area contributed by atoms with Gasteiger partial charge in [-0.15, -0.1) is 0 Å². The second-order valence-corrected chi connectivity index (χ2v) is 6.60. The zero-order chi connectivity index (χ0) is 18.9. The summed E-state index contributed by atoms with van der Waals surface area (Å²) in [7, 11) is 1.34. The maximum atomic E-state index is 13.2. The lowest BCUT2D eigenvalue weighted by molar-refractivity contribution is -0.132. The van der Waals surface area contributed by atoms with Crippen molar-refractivity contribution in [1.29, 1.82) is 0 Å². The van der Waals surface area contributed by atoms with Crippen molar-refractivity contribution in [1.82, 2.24) is 9.47 Å². The molecule has 0 saturated heterocycles. The van der Waals surface area contributed by atoms with Crippen LogP contribution in [0.4, 0.5) is 0 Å². The first-order valence-corrected chi connectivity index (χ1v) is 8.93. The van der Waals surface area contributed by atoms with Gasteiger partial charge in [0.15, 0.2) is 5.78 Å². The number of rotatable bonds is 7. The van der Waals surface area contributed by atoms with Crippen LogP contribution in [0.15, 0.2) is 0 Å². The van der Waals surface area contributed by atoms with Crippen molar-refractivity contribution >= 4 is 17.7 Å². The minimum Gasteiger partial charge on any atom is -0.464 e. The number of nitrogens with zero attached hydrogens (tertiary/aromatic N) is 2. The largest absolute Gasteiger partial charge is 0.464 e. The van der Waals surface area contributed by atoms with Crippen molar-refractivity contribution < 1.29 is 19.1 Å². The van der Waals surface area contributed by atoms with E-state index in [1.807, 2.05) is 25.3 Å². The summed E-state index contributed by atoms with van der Waals surface area (Å²) in [6, 6.07) is -0.365. The summed E-state index contributed by atoms with van der Waals surface area (Å²) in [5.74, 6) is -0.555. The number of ether oxygens (including phenoxy) is 1. The average Bonchev–Trinajstić information content (AvgIpc) is 3.39. The van der Waals surface area contributed by atoms with Crippen LogP contribution in [-0.2, 0) is 16.1 Å². The standard InChI is InChI=1S/C19H28N2O4/c1-7-15(22)21(14-9-10-14)13(5)18(23)16-11(3)17(19(24)25-6)20(8-2)12(16)4/h13-14H,7-10H2,1-6H3/t13-/m0/s1. The third-order valence-electron chi connectivity index (χ3n) is 5.04. The number of ketones is 1. The highest BCUT2D eigenvalue weighted by atomic mass is 16.5. The summed E-state index contributed by atoms with van der Waals surface area (Å²) in [4.78, 5) is 39.4. The highest BCUT2D eigenvalue weighted by Crippen LogP contribution is 2.32. The SMILES string of the molecule is CCC(=O)N(C1CC1)[C@@H](C)C(=O)c1c(C)c(C(=O)OC)n(CC)c1C. The Bertz CT molecular complexity index is 701. The van der Waals surface area contributed by atoms with Gasteiger partial charge in [-0.25, -0.2) is 4.79 Å². The van der Waals surface area contributed by atoms with Crippen molar-refractivity contribution in [2.75, 3.05) is 7.11 Å². The molecule has 0 bridgehead atoms. The molecule has 0 N–H and O–H groups in total. The smallest absolute Gasteiger partial charge is 0.354 e. The van der Waals surface area contributed by atoms with Gasteiger partial charge in [-0.3, -0.25) is 9.59 Å². The lowest BCUT2D eigenvalue weighted by Crippen LogP contribution is -2.44. The molecule has 1 aromatic heterocycles. The minimum atomic E-state index is -0.532. The Balaban J connectivity index is 2.46. The predicted octanol–water partition coefficient (Wildman–Crippen LogP) is 2.88. The van der Waals surface area contributed by atoms with Crippen LogP contribution < -0.4 is 0 Å². The van der Waals surface area contributed by atoms with Crippen molar-refractivity contribution in [2.24, 2.45) is 0 Å². The molecule has 1 aromatic rings. The molecule has 0 aliphatic heterocycles. The molecule has 1 heterocycles. The van der Waals surface area contributed by atoms with Crippen molar-refractivity contribution in [3.05, 3.63) is 22.5 Å². The van der Waals surface area contributed by atoms with Gasteiger partial charge in [-0.1, -0.05) is 6.92 Å². The average molecular weight is 348 g/mol. The summed E-state index contributed by atoms with van der Waals surface area (Å²) in [5, 5.41) is 0. The fourth-order valence-corrected chi connectivity index (χ4v) is 3.62. The molecule has 0 unspecified atom stereocenters. The number of carbonyl (C=O) groups is 3.